The maximum atomic E-state index is 13.1. The van der Waals surface area contributed by atoms with Gasteiger partial charge < -0.3 is 9.47 Å². The third-order valence-electron chi connectivity index (χ3n) is 12.0. The van der Waals surface area contributed by atoms with Crippen LogP contribution in [0.2, 0.25) is 0 Å². The number of benzene rings is 1. The normalized spacial score (nSPS) is 11.9. The maximum absolute atomic E-state index is 13.1. The Morgan fingerprint density at radius 1 is 0.435 bits per heavy atom. The van der Waals surface area contributed by atoms with Crippen LogP contribution in [0.15, 0.2) is 47.4 Å². The first kappa shape index (κ1) is 57.6. The van der Waals surface area contributed by atoms with E-state index in [2.05, 4.69) is 26.0 Å². The SMILES string of the molecule is CCCCCCCCCCCCCCCCCCC/C=C/CCOC(=O)c1cccc(S(=O)(=O)O)c1C(=O)OCC/C=C/CCCCCCCCCCCCCCCCCCC. The van der Waals surface area contributed by atoms with Crippen LogP contribution < -0.4 is 0 Å². The van der Waals surface area contributed by atoms with Crippen LogP contribution in [-0.4, -0.2) is 38.1 Å². The van der Waals surface area contributed by atoms with Gasteiger partial charge >= 0.3 is 11.9 Å². The zero-order chi connectivity index (χ0) is 45.0. The molecule has 1 rings (SSSR count). The van der Waals surface area contributed by atoms with Gasteiger partial charge in [-0.3, -0.25) is 4.55 Å². The zero-order valence-corrected chi connectivity index (χ0v) is 40.9. The smallest absolute Gasteiger partial charge is 0.340 e. The lowest BCUT2D eigenvalue weighted by Gasteiger charge is -2.12. The molecule has 0 aliphatic rings. The summed E-state index contributed by atoms with van der Waals surface area (Å²) in [5.41, 5.74) is -0.742. The van der Waals surface area contributed by atoms with Crippen molar-refractivity contribution in [1.29, 1.82) is 0 Å². The fourth-order valence-corrected chi connectivity index (χ4v) is 8.86. The molecule has 0 aliphatic heterocycles. The Hall–Kier alpha value is -2.45. The largest absolute Gasteiger partial charge is 0.462 e. The number of hydrogen-bond donors (Lipinski definition) is 1. The Bertz CT molecular complexity index is 1370. The Kier molecular flexibility index (Phi) is 39.5. The van der Waals surface area contributed by atoms with Crippen molar-refractivity contribution < 1.29 is 32.0 Å². The second kappa shape index (κ2) is 42.5. The minimum absolute atomic E-state index is 0.0207. The van der Waals surface area contributed by atoms with E-state index in [1.165, 1.54) is 218 Å². The molecule has 0 saturated carbocycles. The van der Waals surface area contributed by atoms with Crippen molar-refractivity contribution in [2.75, 3.05) is 13.2 Å². The van der Waals surface area contributed by atoms with Crippen LogP contribution in [0.1, 0.15) is 279 Å². The highest BCUT2D eigenvalue weighted by Crippen LogP contribution is 2.23. The summed E-state index contributed by atoms with van der Waals surface area (Å²) >= 11 is 0. The van der Waals surface area contributed by atoms with Crippen molar-refractivity contribution in [1.82, 2.24) is 0 Å². The van der Waals surface area contributed by atoms with Gasteiger partial charge in [0.1, 0.15) is 4.90 Å². The molecule has 0 atom stereocenters. The van der Waals surface area contributed by atoms with Crippen LogP contribution in [0.25, 0.3) is 0 Å². The third-order valence-corrected chi connectivity index (χ3v) is 12.9. The number of allylic oxidation sites excluding steroid dienone is 2. The molecule has 0 heterocycles. The summed E-state index contributed by atoms with van der Waals surface area (Å²) in [6, 6.07) is 3.71. The highest BCUT2D eigenvalue weighted by molar-refractivity contribution is 7.86. The Morgan fingerprint density at radius 3 is 1.05 bits per heavy atom. The molecular formula is C54H94O7S. The molecule has 0 aromatic heterocycles. The molecule has 0 fully saturated rings. The lowest BCUT2D eigenvalue weighted by molar-refractivity contribution is 0.0460. The lowest BCUT2D eigenvalue weighted by atomic mass is 10.0. The first-order valence-corrected chi connectivity index (χ1v) is 27.5. The van der Waals surface area contributed by atoms with Crippen LogP contribution in [0.5, 0.6) is 0 Å². The van der Waals surface area contributed by atoms with E-state index in [4.69, 9.17) is 9.47 Å². The Labute approximate surface area is 382 Å². The number of rotatable bonds is 45. The number of hydrogen-bond acceptors (Lipinski definition) is 6. The van der Waals surface area contributed by atoms with Crippen molar-refractivity contribution in [3.05, 3.63) is 53.6 Å². The molecular weight excluding hydrogens is 793 g/mol. The van der Waals surface area contributed by atoms with Gasteiger partial charge in [0.25, 0.3) is 10.1 Å². The number of unbranched alkanes of at least 4 members (excludes halogenated alkanes) is 34. The van der Waals surface area contributed by atoms with E-state index in [0.717, 1.165) is 31.7 Å². The van der Waals surface area contributed by atoms with Gasteiger partial charge in [-0.05, 0) is 50.7 Å². The zero-order valence-electron chi connectivity index (χ0n) is 40.1. The van der Waals surface area contributed by atoms with Gasteiger partial charge in [0.2, 0.25) is 0 Å². The molecule has 0 spiro atoms. The summed E-state index contributed by atoms with van der Waals surface area (Å²) in [4.78, 5) is 25.4. The van der Waals surface area contributed by atoms with Gasteiger partial charge in [-0.25, -0.2) is 9.59 Å². The molecule has 62 heavy (non-hydrogen) atoms. The molecule has 1 aromatic carbocycles. The second-order valence-corrected chi connectivity index (χ2v) is 19.2. The average Bonchev–Trinajstić information content (AvgIpc) is 3.26. The maximum Gasteiger partial charge on any atom is 0.340 e. The van der Waals surface area contributed by atoms with Crippen LogP contribution in [0.4, 0.5) is 0 Å². The van der Waals surface area contributed by atoms with E-state index in [1.54, 1.807) is 0 Å². The summed E-state index contributed by atoms with van der Waals surface area (Å²) in [5.74, 6) is -1.82. The highest BCUT2D eigenvalue weighted by atomic mass is 32.2. The monoisotopic (exact) mass is 887 g/mol. The van der Waals surface area contributed by atoms with Gasteiger partial charge in [-0.2, -0.15) is 8.42 Å². The summed E-state index contributed by atoms with van der Waals surface area (Å²) in [6.45, 7) is 4.66. The van der Waals surface area contributed by atoms with Crippen molar-refractivity contribution in [3.8, 4) is 0 Å². The minimum atomic E-state index is -4.79. The van der Waals surface area contributed by atoms with E-state index in [0.29, 0.717) is 12.8 Å². The predicted octanol–water partition coefficient (Wildman–Crippen LogP) is 17.2. The number of carbonyl (C=O) groups is 2. The van der Waals surface area contributed by atoms with Crippen molar-refractivity contribution in [3.63, 3.8) is 0 Å². The van der Waals surface area contributed by atoms with Gasteiger partial charge in [0, 0.05) is 0 Å². The van der Waals surface area contributed by atoms with Crippen molar-refractivity contribution in [2.45, 2.75) is 263 Å². The second-order valence-electron chi connectivity index (χ2n) is 17.8. The van der Waals surface area contributed by atoms with Gasteiger partial charge in [0.05, 0.1) is 24.3 Å². The molecule has 7 nitrogen and oxygen atoms in total. The topological polar surface area (TPSA) is 107 Å². The number of ether oxygens (including phenoxy) is 2. The van der Waals surface area contributed by atoms with Crippen LogP contribution in [0.3, 0.4) is 0 Å². The summed E-state index contributed by atoms with van der Waals surface area (Å²) in [5, 5.41) is 0. The van der Waals surface area contributed by atoms with Crippen LogP contribution in [0, 0.1) is 0 Å². The minimum Gasteiger partial charge on any atom is -0.462 e. The Balaban J connectivity index is 2.17. The summed E-state index contributed by atoms with van der Waals surface area (Å²) in [6.07, 6.45) is 57.0. The molecule has 8 heteroatoms. The van der Waals surface area contributed by atoms with E-state index >= 15 is 0 Å². The van der Waals surface area contributed by atoms with E-state index in [9.17, 15) is 22.6 Å². The van der Waals surface area contributed by atoms with E-state index in [-0.39, 0.29) is 18.8 Å². The molecule has 0 amide bonds. The molecule has 358 valence electrons. The van der Waals surface area contributed by atoms with Crippen LogP contribution >= 0.6 is 0 Å². The standard InChI is InChI=1S/C54H94O7S/c1-3-5-7-9-11-13-15-17-19-21-23-25-27-29-31-33-35-37-39-41-43-48-60-53(55)50-46-45-47-51(62(57,58)59)52(50)54(56)61-49-44-42-40-38-36-34-32-30-28-26-24-22-20-18-16-14-12-10-8-6-4-2/h39-42,45-47H,3-38,43-44,48-49H2,1-2H3,(H,57,58,59)/b41-39+,42-40+. The van der Waals surface area contributed by atoms with Gasteiger partial charge in [-0.15, -0.1) is 0 Å². The third kappa shape index (κ3) is 34.0. The van der Waals surface area contributed by atoms with E-state index in [1.807, 2.05) is 12.2 Å². The van der Waals surface area contributed by atoms with Gasteiger partial charge in [-0.1, -0.05) is 250 Å². The molecule has 0 unspecified atom stereocenters. The molecule has 0 aliphatic carbocycles. The van der Waals surface area contributed by atoms with Crippen molar-refractivity contribution >= 4 is 22.1 Å². The highest BCUT2D eigenvalue weighted by Gasteiger charge is 2.28. The van der Waals surface area contributed by atoms with Crippen molar-refractivity contribution in [2.24, 2.45) is 0 Å². The molecule has 1 aromatic rings. The number of esters is 2. The van der Waals surface area contributed by atoms with E-state index < -0.39 is 32.5 Å². The Morgan fingerprint density at radius 2 is 0.726 bits per heavy atom. The quantitative estimate of drug-likeness (QED) is 0.0301. The predicted molar refractivity (Wildman–Crippen MR) is 262 cm³/mol. The number of carbonyl (C=O) groups excluding carboxylic acids is 2. The lowest BCUT2D eigenvalue weighted by Crippen LogP contribution is -2.19. The first-order chi connectivity index (χ1) is 30.3. The summed E-state index contributed by atoms with van der Waals surface area (Å²) < 4.78 is 44.9. The molecule has 0 bridgehead atoms. The molecule has 0 radical (unpaired) electrons. The summed E-state index contributed by atoms with van der Waals surface area (Å²) in [7, 11) is -4.79. The average molecular weight is 887 g/mol. The fourth-order valence-electron chi connectivity index (χ4n) is 8.16. The van der Waals surface area contributed by atoms with Gasteiger partial charge in [0.15, 0.2) is 0 Å². The molecule has 1 N–H and O–H groups in total. The first-order valence-electron chi connectivity index (χ1n) is 26.1. The molecule has 0 saturated heterocycles. The fraction of sp³-hybridized carbons (Fsp3) is 0.778. The van der Waals surface area contributed by atoms with Crippen LogP contribution in [-0.2, 0) is 19.6 Å².